The van der Waals surface area contributed by atoms with Crippen molar-refractivity contribution in [2.24, 2.45) is 5.73 Å². The standard InChI is InChI=1S/C14H21ClN2O2/c1-3-4-7-17(9-14(16)19)13-6-5-11(10(2)18)8-12(13)15/h5-6,8,10,18H,3-4,7,9H2,1-2H3,(H2,16,19). The minimum atomic E-state index is -0.563. The van der Waals surface area contributed by atoms with Gasteiger partial charge in [0.1, 0.15) is 0 Å². The average Bonchev–Trinajstić information content (AvgIpc) is 2.34. The molecule has 0 saturated carbocycles. The summed E-state index contributed by atoms with van der Waals surface area (Å²) in [6.45, 7) is 4.64. The van der Waals surface area contributed by atoms with Gasteiger partial charge in [0.05, 0.1) is 23.4 Å². The molecule has 0 radical (unpaired) electrons. The highest BCUT2D eigenvalue weighted by Gasteiger charge is 2.13. The van der Waals surface area contributed by atoms with Gasteiger partial charge in [0, 0.05) is 6.54 Å². The van der Waals surface area contributed by atoms with Crippen LogP contribution in [0.2, 0.25) is 5.02 Å². The molecule has 1 amide bonds. The van der Waals surface area contributed by atoms with E-state index < -0.39 is 6.10 Å². The Morgan fingerprint density at radius 1 is 1.53 bits per heavy atom. The van der Waals surface area contributed by atoms with Gasteiger partial charge in [0.15, 0.2) is 0 Å². The second-order valence-corrected chi connectivity index (χ2v) is 5.04. The first-order valence-electron chi connectivity index (χ1n) is 6.46. The van der Waals surface area contributed by atoms with Crippen LogP contribution >= 0.6 is 11.6 Å². The lowest BCUT2D eigenvalue weighted by molar-refractivity contribution is -0.116. The lowest BCUT2D eigenvalue weighted by Gasteiger charge is -2.24. The highest BCUT2D eigenvalue weighted by Crippen LogP contribution is 2.29. The number of nitrogens with two attached hydrogens (primary N) is 1. The molecule has 0 heterocycles. The number of aliphatic hydroxyl groups is 1. The Labute approximate surface area is 119 Å². The molecule has 1 aromatic rings. The van der Waals surface area contributed by atoms with Gasteiger partial charge < -0.3 is 15.7 Å². The number of nitrogens with zero attached hydrogens (tertiary/aromatic N) is 1. The van der Waals surface area contributed by atoms with Gasteiger partial charge in [-0.2, -0.15) is 0 Å². The Kier molecular flexibility index (Phi) is 6.12. The number of carbonyl (C=O) groups excluding carboxylic acids is 1. The van der Waals surface area contributed by atoms with Crippen molar-refractivity contribution in [3.63, 3.8) is 0 Å². The summed E-state index contributed by atoms with van der Waals surface area (Å²) in [4.78, 5) is 13.0. The molecule has 0 fully saturated rings. The van der Waals surface area contributed by atoms with Crippen LogP contribution in [0.4, 0.5) is 5.69 Å². The quantitative estimate of drug-likeness (QED) is 0.808. The zero-order chi connectivity index (χ0) is 14.4. The molecular formula is C14H21ClN2O2. The van der Waals surface area contributed by atoms with Gasteiger partial charge in [-0.3, -0.25) is 4.79 Å². The van der Waals surface area contributed by atoms with Crippen molar-refractivity contribution in [1.82, 2.24) is 0 Å². The molecule has 1 atom stereocenters. The molecule has 1 unspecified atom stereocenters. The van der Waals surface area contributed by atoms with Gasteiger partial charge in [0.25, 0.3) is 0 Å². The van der Waals surface area contributed by atoms with Gasteiger partial charge in [-0.15, -0.1) is 0 Å². The van der Waals surface area contributed by atoms with E-state index in [1.54, 1.807) is 13.0 Å². The molecule has 0 spiro atoms. The Hall–Kier alpha value is -1.26. The number of aliphatic hydroxyl groups excluding tert-OH is 1. The zero-order valence-corrected chi connectivity index (χ0v) is 12.2. The molecule has 3 N–H and O–H groups in total. The topological polar surface area (TPSA) is 66.6 Å². The van der Waals surface area contributed by atoms with Crippen molar-refractivity contribution in [3.8, 4) is 0 Å². The number of benzene rings is 1. The molecule has 4 nitrogen and oxygen atoms in total. The van der Waals surface area contributed by atoms with Crippen molar-refractivity contribution >= 4 is 23.2 Å². The fraction of sp³-hybridized carbons (Fsp3) is 0.500. The summed E-state index contributed by atoms with van der Waals surface area (Å²) in [6, 6.07) is 5.36. The highest BCUT2D eigenvalue weighted by atomic mass is 35.5. The van der Waals surface area contributed by atoms with Gasteiger partial charge >= 0.3 is 0 Å². The van der Waals surface area contributed by atoms with Crippen LogP contribution in [0.25, 0.3) is 0 Å². The molecule has 1 aromatic carbocycles. The monoisotopic (exact) mass is 284 g/mol. The fourth-order valence-electron chi connectivity index (χ4n) is 1.86. The molecule has 0 aliphatic rings. The molecule has 0 aromatic heterocycles. The van der Waals surface area contributed by atoms with Gasteiger partial charge in [-0.25, -0.2) is 0 Å². The molecule has 106 valence electrons. The number of rotatable bonds is 7. The van der Waals surface area contributed by atoms with Crippen LogP contribution in [-0.2, 0) is 4.79 Å². The first-order valence-corrected chi connectivity index (χ1v) is 6.84. The van der Waals surface area contributed by atoms with E-state index in [-0.39, 0.29) is 12.5 Å². The summed E-state index contributed by atoms with van der Waals surface area (Å²) >= 11 is 6.23. The van der Waals surface area contributed by atoms with E-state index in [0.29, 0.717) is 5.02 Å². The Morgan fingerprint density at radius 2 is 2.21 bits per heavy atom. The van der Waals surface area contributed by atoms with Crippen LogP contribution in [-0.4, -0.2) is 24.1 Å². The predicted octanol–water partition coefficient (Wildman–Crippen LogP) is 2.49. The number of anilines is 1. The molecular weight excluding hydrogens is 264 g/mol. The van der Waals surface area contributed by atoms with E-state index in [4.69, 9.17) is 17.3 Å². The maximum Gasteiger partial charge on any atom is 0.236 e. The summed E-state index contributed by atoms with van der Waals surface area (Å²) in [7, 11) is 0. The Balaban J connectivity index is 2.97. The normalized spacial score (nSPS) is 12.2. The Morgan fingerprint density at radius 3 is 2.68 bits per heavy atom. The summed E-state index contributed by atoms with van der Waals surface area (Å²) < 4.78 is 0. The molecule has 0 saturated heterocycles. The number of halogens is 1. The number of carbonyl (C=O) groups is 1. The Bertz CT molecular complexity index is 435. The van der Waals surface area contributed by atoms with Gasteiger partial charge in [-0.1, -0.05) is 31.0 Å². The summed E-state index contributed by atoms with van der Waals surface area (Å²) in [5, 5.41) is 10.0. The molecule has 1 rings (SSSR count). The summed E-state index contributed by atoms with van der Waals surface area (Å²) in [5.41, 5.74) is 6.80. The van der Waals surface area contributed by atoms with E-state index in [1.807, 2.05) is 17.0 Å². The smallest absolute Gasteiger partial charge is 0.236 e. The van der Waals surface area contributed by atoms with Crippen molar-refractivity contribution in [2.75, 3.05) is 18.0 Å². The summed E-state index contributed by atoms with van der Waals surface area (Å²) in [6.07, 6.45) is 1.42. The van der Waals surface area contributed by atoms with Crippen LogP contribution < -0.4 is 10.6 Å². The van der Waals surface area contributed by atoms with E-state index in [0.717, 1.165) is 30.6 Å². The second kappa shape index (κ2) is 7.36. The van der Waals surface area contributed by atoms with Crippen LogP contribution in [0.1, 0.15) is 38.4 Å². The van der Waals surface area contributed by atoms with Crippen molar-refractivity contribution in [1.29, 1.82) is 0 Å². The lowest BCUT2D eigenvalue weighted by Crippen LogP contribution is -2.34. The average molecular weight is 285 g/mol. The third-order valence-electron chi connectivity index (χ3n) is 2.92. The number of hydrogen-bond acceptors (Lipinski definition) is 3. The van der Waals surface area contributed by atoms with Gasteiger partial charge in [-0.05, 0) is 31.0 Å². The van der Waals surface area contributed by atoms with Crippen LogP contribution in [0.15, 0.2) is 18.2 Å². The number of hydrogen-bond donors (Lipinski definition) is 2. The van der Waals surface area contributed by atoms with E-state index in [9.17, 15) is 9.90 Å². The molecule has 0 bridgehead atoms. The fourth-order valence-corrected chi connectivity index (χ4v) is 2.17. The first kappa shape index (κ1) is 15.8. The van der Waals surface area contributed by atoms with Crippen molar-refractivity contribution in [2.45, 2.75) is 32.8 Å². The van der Waals surface area contributed by atoms with Crippen LogP contribution in [0, 0.1) is 0 Å². The molecule has 19 heavy (non-hydrogen) atoms. The predicted molar refractivity (Wildman–Crippen MR) is 78.4 cm³/mol. The highest BCUT2D eigenvalue weighted by molar-refractivity contribution is 6.33. The van der Waals surface area contributed by atoms with E-state index in [1.165, 1.54) is 0 Å². The first-order chi connectivity index (χ1) is 8.95. The minimum Gasteiger partial charge on any atom is -0.389 e. The van der Waals surface area contributed by atoms with Crippen LogP contribution in [0.5, 0.6) is 0 Å². The van der Waals surface area contributed by atoms with Crippen LogP contribution in [0.3, 0.4) is 0 Å². The number of amides is 1. The number of primary amides is 1. The molecule has 0 aliphatic carbocycles. The van der Waals surface area contributed by atoms with Crippen molar-refractivity contribution < 1.29 is 9.90 Å². The molecule has 0 aliphatic heterocycles. The van der Waals surface area contributed by atoms with E-state index >= 15 is 0 Å². The SMILES string of the molecule is CCCCN(CC(N)=O)c1ccc(C(C)O)cc1Cl. The second-order valence-electron chi connectivity index (χ2n) is 4.63. The maximum absolute atomic E-state index is 11.1. The largest absolute Gasteiger partial charge is 0.389 e. The van der Waals surface area contributed by atoms with Crippen molar-refractivity contribution in [3.05, 3.63) is 28.8 Å². The van der Waals surface area contributed by atoms with E-state index in [2.05, 4.69) is 6.92 Å². The third kappa shape index (κ3) is 4.73. The van der Waals surface area contributed by atoms with Gasteiger partial charge in [0.2, 0.25) is 5.91 Å². The number of unbranched alkanes of at least 4 members (excludes halogenated alkanes) is 1. The maximum atomic E-state index is 11.1. The summed E-state index contributed by atoms with van der Waals surface area (Å²) in [5.74, 6) is -0.383. The molecule has 5 heteroatoms. The minimum absolute atomic E-state index is 0.147. The third-order valence-corrected chi connectivity index (χ3v) is 3.23. The zero-order valence-electron chi connectivity index (χ0n) is 11.4. The lowest BCUT2D eigenvalue weighted by atomic mass is 10.1.